The van der Waals surface area contributed by atoms with Crippen molar-refractivity contribution in [3.05, 3.63) is 35.1 Å². The van der Waals surface area contributed by atoms with Crippen molar-refractivity contribution in [1.29, 1.82) is 0 Å². The molecule has 8 heteroatoms. The minimum absolute atomic E-state index is 0.144. The third-order valence-electron chi connectivity index (χ3n) is 3.07. The summed E-state index contributed by atoms with van der Waals surface area (Å²) >= 11 is -1.60. The molecule has 0 bridgehead atoms. The van der Waals surface area contributed by atoms with E-state index in [9.17, 15) is 22.5 Å². The van der Waals surface area contributed by atoms with E-state index in [1.807, 2.05) is 0 Å². The number of halogens is 3. The number of hydrogen-bond donors (Lipinski definition) is 0. The summed E-state index contributed by atoms with van der Waals surface area (Å²) in [5, 5.41) is 0. The van der Waals surface area contributed by atoms with Crippen LogP contribution in [-0.2, 0) is 26.8 Å². The molecule has 25 heavy (non-hydrogen) atoms. The largest absolute Gasteiger partial charge is 0.591 e. The molecule has 0 N–H and O–H groups in total. The van der Waals surface area contributed by atoms with Gasteiger partial charge < -0.3 is 9.29 Å². The molecule has 0 saturated heterocycles. The van der Waals surface area contributed by atoms with E-state index < -0.39 is 45.5 Å². The molecule has 0 amide bonds. The van der Waals surface area contributed by atoms with E-state index in [4.69, 9.17) is 0 Å². The van der Waals surface area contributed by atoms with E-state index in [-0.39, 0.29) is 11.3 Å². The highest BCUT2D eigenvalue weighted by atomic mass is 32.2. The first kappa shape index (κ1) is 21.5. The Bertz CT molecular complexity index is 670. The van der Waals surface area contributed by atoms with Crippen LogP contribution in [0.5, 0.6) is 0 Å². The summed E-state index contributed by atoms with van der Waals surface area (Å²) in [6.45, 7) is 9.45. The molecule has 0 spiro atoms. The molecule has 0 aliphatic heterocycles. The van der Waals surface area contributed by atoms with E-state index in [2.05, 4.69) is 9.13 Å². The van der Waals surface area contributed by atoms with Gasteiger partial charge in [0.25, 0.3) is 0 Å². The third-order valence-corrected chi connectivity index (χ3v) is 4.55. The van der Waals surface area contributed by atoms with E-state index in [1.165, 1.54) is 26.8 Å². The second kappa shape index (κ2) is 7.78. The maximum atomic E-state index is 14.3. The smallest absolute Gasteiger partial charge is 0.382 e. The van der Waals surface area contributed by atoms with Crippen LogP contribution in [-0.4, -0.2) is 27.1 Å². The third kappa shape index (κ3) is 5.47. The van der Waals surface area contributed by atoms with E-state index in [0.717, 1.165) is 12.1 Å². The molecular formula is C17H22F3NO3S. The minimum atomic E-state index is -4.15. The summed E-state index contributed by atoms with van der Waals surface area (Å²) in [4.78, 5) is 11.6. The minimum Gasteiger partial charge on any atom is -0.591 e. The Morgan fingerprint density at radius 2 is 1.84 bits per heavy atom. The Hall–Kier alpha value is -1.54. The predicted molar refractivity (Wildman–Crippen MR) is 91.6 cm³/mol. The van der Waals surface area contributed by atoms with E-state index in [1.54, 1.807) is 20.8 Å². The van der Waals surface area contributed by atoms with Gasteiger partial charge in [0.05, 0.1) is 17.4 Å². The lowest BCUT2D eigenvalue weighted by Crippen LogP contribution is -2.31. The Morgan fingerprint density at radius 3 is 2.32 bits per heavy atom. The lowest BCUT2D eigenvalue weighted by atomic mass is 10.0. The van der Waals surface area contributed by atoms with Crippen molar-refractivity contribution in [2.24, 2.45) is 4.40 Å². The van der Waals surface area contributed by atoms with Gasteiger partial charge in [-0.2, -0.15) is 8.78 Å². The summed E-state index contributed by atoms with van der Waals surface area (Å²) < 4.78 is 62.3. The zero-order valence-electron chi connectivity index (χ0n) is 15.0. The van der Waals surface area contributed by atoms with Crippen LogP contribution < -0.4 is 0 Å². The zero-order chi connectivity index (χ0) is 19.6. The van der Waals surface area contributed by atoms with Crippen LogP contribution in [0.3, 0.4) is 0 Å². The van der Waals surface area contributed by atoms with Gasteiger partial charge in [-0.25, -0.2) is 9.18 Å². The number of carbonyl (C=O) groups is 1. The number of rotatable bonds is 5. The first-order chi connectivity index (χ1) is 11.3. The second-order valence-corrected chi connectivity index (χ2v) is 8.67. The van der Waals surface area contributed by atoms with Crippen LogP contribution in [0, 0.1) is 5.82 Å². The summed E-state index contributed by atoms with van der Waals surface area (Å²) in [6.07, 6.45) is -0.762. The lowest BCUT2D eigenvalue weighted by Gasteiger charge is -2.20. The van der Waals surface area contributed by atoms with Gasteiger partial charge in [-0.1, -0.05) is 10.5 Å². The number of alkyl halides is 2. The SMILES string of the molecule is CC(=N[S@+]([O-])C(C)(C)C)c1ccc(F)c(C(F)(F)C(=O)OC(C)C)c1. The van der Waals surface area contributed by atoms with Crippen LogP contribution in [0.4, 0.5) is 13.2 Å². The first-order valence-electron chi connectivity index (χ1n) is 7.63. The molecule has 0 radical (unpaired) electrons. The number of carbonyl (C=O) groups excluding carboxylic acids is 1. The Kier molecular flexibility index (Phi) is 6.69. The van der Waals surface area contributed by atoms with Gasteiger partial charge in [-0.3, -0.25) is 0 Å². The number of ether oxygens (including phenoxy) is 1. The topological polar surface area (TPSA) is 61.7 Å². The fraction of sp³-hybridized carbons (Fsp3) is 0.529. The molecule has 0 aliphatic rings. The van der Waals surface area contributed by atoms with E-state index in [0.29, 0.717) is 0 Å². The fourth-order valence-corrected chi connectivity index (χ4v) is 2.33. The monoisotopic (exact) mass is 377 g/mol. The molecule has 140 valence electrons. The number of benzene rings is 1. The Labute approximate surface area is 148 Å². The first-order valence-corrected chi connectivity index (χ1v) is 8.74. The summed E-state index contributed by atoms with van der Waals surface area (Å²) in [6, 6.07) is 2.89. The van der Waals surface area contributed by atoms with Crippen molar-refractivity contribution in [2.75, 3.05) is 0 Å². The van der Waals surface area contributed by atoms with Gasteiger partial charge in [0.15, 0.2) is 0 Å². The van der Waals surface area contributed by atoms with Crippen molar-refractivity contribution in [1.82, 2.24) is 0 Å². The van der Waals surface area contributed by atoms with E-state index >= 15 is 0 Å². The zero-order valence-corrected chi connectivity index (χ0v) is 15.8. The van der Waals surface area contributed by atoms with Crippen molar-refractivity contribution >= 4 is 23.0 Å². The highest BCUT2D eigenvalue weighted by Gasteiger charge is 2.45. The van der Waals surface area contributed by atoms with Crippen molar-refractivity contribution in [3.63, 3.8) is 0 Å². The lowest BCUT2D eigenvalue weighted by molar-refractivity contribution is -0.178. The molecule has 0 aliphatic carbocycles. The number of esters is 1. The molecule has 1 rings (SSSR count). The van der Waals surface area contributed by atoms with Gasteiger partial charge in [-0.05, 0) is 53.7 Å². The standard InChI is InChI=1S/C17H22F3NO3S/c1-10(2)24-15(22)17(19,20)13-9-12(7-8-14(13)18)11(3)21-25(23)16(4,5)6/h7-10H,1-6H3/t25-/m1/s1. The molecule has 4 nitrogen and oxygen atoms in total. The van der Waals surface area contributed by atoms with Gasteiger partial charge >= 0.3 is 11.9 Å². The van der Waals surface area contributed by atoms with Gasteiger partial charge in [0.2, 0.25) is 0 Å². The summed E-state index contributed by atoms with van der Waals surface area (Å²) in [5.74, 6) is -7.21. The molecule has 1 aromatic rings. The van der Waals surface area contributed by atoms with Crippen LogP contribution in [0.1, 0.15) is 52.7 Å². The van der Waals surface area contributed by atoms with Crippen LogP contribution in [0.2, 0.25) is 0 Å². The normalized spacial score (nSPS) is 14.6. The summed E-state index contributed by atoms with van der Waals surface area (Å²) in [5.41, 5.74) is -0.764. The molecular weight excluding hydrogens is 355 g/mol. The number of hydrogen-bond acceptors (Lipinski definition) is 4. The van der Waals surface area contributed by atoms with Crippen LogP contribution >= 0.6 is 0 Å². The predicted octanol–water partition coefficient (Wildman–Crippen LogP) is 4.14. The highest BCUT2D eigenvalue weighted by Crippen LogP contribution is 2.33. The molecule has 1 aromatic carbocycles. The fourth-order valence-electron chi connectivity index (χ4n) is 1.70. The van der Waals surface area contributed by atoms with Gasteiger partial charge in [0, 0.05) is 5.56 Å². The molecule has 1 atom stereocenters. The molecule has 0 unspecified atom stereocenters. The maximum absolute atomic E-state index is 14.3. The second-order valence-electron chi connectivity index (χ2n) is 6.76. The quantitative estimate of drug-likeness (QED) is 0.440. The average molecular weight is 377 g/mol. The van der Waals surface area contributed by atoms with Gasteiger partial charge in [-0.15, -0.1) is 0 Å². The number of nitrogens with zero attached hydrogens (tertiary/aromatic N) is 1. The maximum Gasteiger partial charge on any atom is 0.382 e. The van der Waals surface area contributed by atoms with Crippen molar-refractivity contribution < 1.29 is 27.3 Å². The highest BCUT2D eigenvalue weighted by molar-refractivity contribution is 7.91. The molecule has 0 fully saturated rings. The molecule has 0 aromatic heterocycles. The molecule has 0 heterocycles. The average Bonchev–Trinajstić information content (AvgIpc) is 2.45. The van der Waals surface area contributed by atoms with Crippen LogP contribution in [0.15, 0.2) is 22.6 Å². The summed E-state index contributed by atoms with van der Waals surface area (Å²) in [7, 11) is 0. The Balaban J connectivity index is 3.28. The van der Waals surface area contributed by atoms with Crippen molar-refractivity contribution in [2.45, 2.75) is 58.3 Å². The Morgan fingerprint density at radius 1 is 1.28 bits per heavy atom. The van der Waals surface area contributed by atoms with Crippen LogP contribution in [0.25, 0.3) is 0 Å². The molecule has 0 saturated carbocycles. The van der Waals surface area contributed by atoms with Gasteiger partial charge in [0.1, 0.15) is 21.9 Å². The van der Waals surface area contributed by atoms with Crippen molar-refractivity contribution in [3.8, 4) is 0 Å².